The van der Waals surface area contributed by atoms with E-state index < -0.39 is 10.0 Å². The Hall–Kier alpha value is -1.29. The summed E-state index contributed by atoms with van der Waals surface area (Å²) >= 11 is 5.22. The van der Waals surface area contributed by atoms with Crippen molar-refractivity contribution >= 4 is 33.0 Å². The topological polar surface area (TPSA) is 83.6 Å². The van der Waals surface area contributed by atoms with Crippen molar-refractivity contribution in [3.05, 3.63) is 24.5 Å². The number of nitrogens with zero attached hydrogens (tertiary/aromatic N) is 2. The van der Waals surface area contributed by atoms with Gasteiger partial charge in [-0.05, 0) is 37.2 Å². The van der Waals surface area contributed by atoms with E-state index in [9.17, 15) is 8.42 Å². The van der Waals surface area contributed by atoms with Gasteiger partial charge in [0.25, 0.3) is 0 Å². The lowest BCUT2D eigenvalue weighted by atomic mass is 10.2. The molecule has 1 aliphatic heterocycles. The van der Waals surface area contributed by atoms with Crippen LogP contribution in [0.3, 0.4) is 0 Å². The number of rotatable bonds is 9. The van der Waals surface area contributed by atoms with Crippen LogP contribution in [-0.4, -0.2) is 61.4 Å². The van der Waals surface area contributed by atoms with E-state index in [1.165, 1.54) is 0 Å². The van der Waals surface area contributed by atoms with Crippen LogP contribution in [0, 0.1) is 0 Å². The summed E-state index contributed by atoms with van der Waals surface area (Å²) < 4.78 is 31.1. The lowest BCUT2D eigenvalue weighted by Gasteiger charge is -2.25. The molecule has 9 heteroatoms. The van der Waals surface area contributed by atoms with Crippen molar-refractivity contribution in [2.45, 2.75) is 25.7 Å². The van der Waals surface area contributed by atoms with Crippen LogP contribution in [-0.2, 0) is 14.8 Å². The summed E-state index contributed by atoms with van der Waals surface area (Å²) in [6.45, 7) is 2.73. The maximum Gasteiger partial charge on any atom is 0.214 e. The minimum Gasteiger partial charge on any atom is -0.379 e. The first kappa shape index (κ1) is 20.0. The third kappa shape index (κ3) is 7.64. The molecule has 0 spiro atoms. The summed E-state index contributed by atoms with van der Waals surface area (Å²) in [4.78, 5) is 3.95. The van der Waals surface area contributed by atoms with Gasteiger partial charge in [0.15, 0.2) is 5.11 Å². The number of hydrogen-bond acceptors (Lipinski definition) is 5. The lowest BCUT2D eigenvalue weighted by molar-refractivity contribution is 0.0730. The van der Waals surface area contributed by atoms with Crippen molar-refractivity contribution in [2.75, 3.05) is 43.9 Å². The van der Waals surface area contributed by atoms with Crippen molar-refractivity contribution in [3.63, 3.8) is 0 Å². The fourth-order valence-electron chi connectivity index (χ4n) is 2.53. The van der Waals surface area contributed by atoms with Crippen LogP contribution in [0.1, 0.15) is 25.7 Å². The zero-order valence-electron chi connectivity index (χ0n) is 14.3. The average molecular weight is 387 g/mol. The Bertz CT molecular complexity index is 620. The highest BCUT2D eigenvalue weighted by Crippen LogP contribution is 2.09. The number of ether oxygens (including phenoxy) is 1. The molecular weight excluding hydrogens is 360 g/mol. The molecule has 140 valence electrons. The highest BCUT2D eigenvalue weighted by Gasteiger charge is 2.23. The quantitative estimate of drug-likeness (QED) is 0.492. The fraction of sp³-hybridized carbons (Fsp3) is 0.625. The van der Waals surface area contributed by atoms with Gasteiger partial charge >= 0.3 is 0 Å². The molecule has 0 saturated carbocycles. The highest BCUT2D eigenvalue weighted by molar-refractivity contribution is 7.89. The van der Waals surface area contributed by atoms with Crippen molar-refractivity contribution in [2.24, 2.45) is 0 Å². The molecule has 7 nitrogen and oxygen atoms in total. The molecule has 0 atom stereocenters. The van der Waals surface area contributed by atoms with Crippen LogP contribution in [0.15, 0.2) is 24.5 Å². The number of anilines is 1. The Morgan fingerprint density at radius 3 is 2.56 bits per heavy atom. The summed E-state index contributed by atoms with van der Waals surface area (Å²) in [6, 6.07) is 3.70. The summed E-state index contributed by atoms with van der Waals surface area (Å²) in [7, 11) is -3.12. The Kier molecular flexibility index (Phi) is 8.53. The average Bonchev–Trinajstić information content (AvgIpc) is 2.62. The molecule has 0 radical (unpaired) electrons. The standard InChI is InChI=1S/C16H26N4O3S2/c21-25(22,20-10-12-23-13-11-20)14-4-2-1-3-7-18-16(24)19-15-5-8-17-9-6-15/h5-6,8-9H,1-4,7,10-14H2,(H2,17,18,19,24). The van der Waals surface area contributed by atoms with Crippen LogP contribution in [0.25, 0.3) is 0 Å². The van der Waals surface area contributed by atoms with Crippen LogP contribution in [0.2, 0.25) is 0 Å². The Labute approximate surface area is 155 Å². The second-order valence-corrected chi connectivity index (χ2v) is 8.36. The highest BCUT2D eigenvalue weighted by atomic mass is 32.2. The second-order valence-electron chi connectivity index (χ2n) is 5.86. The molecule has 1 aromatic heterocycles. The van der Waals surface area contributed by atoms with Crippen LogP contribution >= 0.6 is 12.2 Å². The number of hydrogen-bond donors (Lipinski definition) is 2. The van der Waals surface area contributed by atoms with Crippen LogP contribution < -0.4 is 10.6 Å². The van der Waals surface area contributed by atoms with Gasteiger partial charge in [0, 0.05) is 37.7 Å². The Morgan fingerprint density at radius 1 is 1.16 bits per heavy atom. The predicted octanol–water partition coefficient (Wildman–Crippen LogP) is 1.59. The van der Waals surface area contributed by atoms with Gasteiger partial charge in [0.05, 0.1) is 19.0 Å². The summed E-state index contributed by atoms with van der Waals surface area (Å²) in [6.07, 6.45) is 6.93. The van der Waals surface area contributed by atoms with Crippen LogP contribution in [0.5, 0.6) is 0 Å². The first-order chi connectivity index (χ1) is 12.1. The molecule has 2 rings (SSSR count). The zero-order chi connectivity index (χ0) is 18.0. The normalized spacial score (nSPS) is 15.7. The fourth-order valence-corrected chi connectivity index (χ4v) is 4.28. The SMILES string of the molecule is O=S(=O)(CCCCCCNC(=S)Nc1ccncc1)N1CCOCC1. The van der Waals surface area contributed by atoms with Crippen molar-refractivity contribution in [1.82, 2.24) is 14.6 Å². The van der Waals surface area contributed by atoms with E-state index in [4.69, 9.17) is 17.0 Å². The van der Waals surface area contributed by atoms with Crippen LogP contribution in [0.4, 0.5) is 5.69 Å². The molecule has 2 heterocycles. The lowest BCUT2D eigenvalue weighted by Crippen LogP contribution is -2.41. The molecule has 2 N–H and O–H groups in total. The number of sulfonamides is 1. The van der Waals surface area contributed by atoms with E-state index >= 15 is 0 Å². The van der Waals surface area contributed by atoms with E-state index in [2.05, 4.69) is 15.6 Å². The molecule has 0 amide bonds. The molecule has 25 heavy (non-hydrogen) atoms. The van der Waals surface area contributed by atoms with Gasteiger partial charge in [-0.2, -0.15) is 4.31 Å². The van der Waals surface area contributed by atoms with Gasteiger partial charge < -0.3 is 15.4 Å². The number of aromatic nitrogens is 1. The number of nitrogens with one attached hydrogen (secondary N) is 2. The molecule has 0 bridgehead atoms. The van der Waals surface area contributed by atoms with Gasteiger partial charge in [-0.15, -0.1) is 0 Å². The third-order valence-corrected chi connectivity index (χ3v) is 6.12. The summed E-state index contributed by atoms with van der Waals surface area (Å²) in [5.74, 6) is 0.225. The van der Waals surface area contributed by atoms with E-state index in [1.54, 1.807) is 16.7 Å². The zero-order valence-corrected chi connectivity index (χ0v) is 15.9. The maximum atomic E-state index is 12.2. The van der Waals surface area contributed by atoms with E-state index in [0.29, 0.717) is 37.8 Å². The van der Waals surface area contributed by atoms with Gasteiger partial charge in [0.2, 0.25) is 10.0 Å². The van der Waals surface area contributed by atoms with Crippen molar-refractivity contribution in [1.29, 1.82) is 0 Å². The van der Waals surface area contributed by atoms with Crippen molar-refractivity contribution in [3.8, 4) is 0 Å². The summed E-state index contributed by atoms with van der Waals surface area (Å²) in [5, 5.41) is 6.82. The predicted molar refractivity (Wildman–Crippen MR) is 103 cm³/mol. The molecule has 0 aliphatic carbocycles. The number of unbranched alkanes of at least 4 members (excludes halogenated alkanes) is 3. The van der Waals surface area contributed by atoms with Gasteiger partial charge in [-0.25, -0.2) is 8.42 Å². The summed E-state index contributed by atoms with van der Waals surface area (Å²) in [5.41, 5.74) is 0.904. The number of morpholine rings is 1. The molecule has 1 aliphatic rings. The first-order valence-corrected chi connectivity index (χ1v) is 10.6. The van der Waals surface area contributed by atoms with E-state index in [1.807, 2.05) is 12.1 Å². The van der Waals surface area contributed by atoms with Gasteiger partial charge in [-0.1, -0.05) is 12.8 Å². The minimum atomic E-state index is -3.12. The third-order valence-electron chi connectivity index (χ3n) is 3.92. The van der Waals surface area contributed by atoms with Gasteiger partial charge in [0.1, 0.15) is 0 Å². The molecule has 0 aromatic carbocycles. The molecule has 0 unspecified atom stereocenters. The Balaban J connectivity index is 1.51. The molecule has 1 aromatic rings. The minimum absolute atomic E-state index is 0.225. The van der Waals surface area contributed by atoms with Gasteiger partial charge in [-0.3, -0.25) is 4.98 Å². The maximum absolute atomic E-state index is 12.2. The molecule has 1 fully saturated rings. The molecule has 1 saturated heterocycles. The van der Waals surface area contributed by atoms with E-state index in [-0.39, 0.29) is 5.75 Å². The first-order valence-electron chi connectivity index (χ1n) is 8.58. The smallest absolute Gasteiger partial charge is 0.214 e. The Morgan fingerprint density at radius 2 is 1.84 bits per heavy atom. The van der Waals surface area contributed by atoms with E-state index in [0.717, 1.165) is 31.5 Å². The molecular formula is C16H26N4O3S2. The second kappa shape index (κ2) is 10.6. The largest absolute Gasteiger partial charge is 0.379 e. The number of pyridine rings is 1. The van der Waals surface area contributed by atoms with Crippen molar-refractivity contribution < 1.29 is 13.2 Å². The monoisotopic (exact) mass is 386 g/mol. The number of thiocarbonyl (C=S) groups is 1.